The maximum atomic E-state index is 12.6. The molecule has 34 heavy (non-hydrogen) atoms. The molecule has 1 aliphatic heterocycles. The highest BCUT2D eigenvalue weighted by molar-refractivity contribution is 7.15. The maximum absolute atomic E-state index is 12.6. The van der Waals surface area contributed by atoms with Crippen molar-refractivity contribution in [2.24, 2.45) is 0 Å². The van der Waals surface area contributed by atoms with Crippen LogP contribution in [0.25, 0.3) is 0 Å². The van der Waals surface area contributed by atoms with Gasteiger partial charge in [0.2, 0.25) is 5.82 Å². The Morgan fingerprint density at radius 3 is 2.74 bits per heavy atom. The third-order valence-electron chi connectivity index (χ3n) is 5.06. The first-order valence-corrected chi connectivity index (χ1v) is 11.6. The van der Waals surface area contributed by atoms with E-state index in [2.05, 4.69) is 35.8 Å². The Bertz CT molecular complexity index is 1280. The predicted octanol–water partition coefficient (Wildman–Crippen LogP) is 3.46. The first-order chi connectivity index (χ1) is 16.3. The zero-order valence-electron chi connectivity index (χ0n) is 19.0. The molecule has 174 valence electrons. The molecular weight excluding hydrogens is 452 g/mol. The van der Waals surface area contributed by atoms with Crippen molar-refractivity contribution in [3.05, 3.63) is 58.0 Å². The third kappa shape index (κ3) is 5.29. The summed E-state index contributed by atoms with van der Waals surface area (Å²) < 4.78 is 0. The van der Waals surface area contributed by atoms with E-state index < -0.39 is 6.03 Å². The van der Waals surface area contributed by atoms with Crippen molar-refractivity contribution in [1.82, 2.24) is 20.3 Å². The molecule has 10 nitrogen and oxygen atoms in total. The minimum Gasteiger partial charge on any atom is -0.351 e. The molecule has 0 fully saturated rings. The van der Waals surface area contributed by atoms with E-state index in [-0.39, 0.29) is 17.8 Å². The van der Waals surface area contributed by atoms with Gasteiger partial charge in [-0.05, 0) is 32.9 Å². The molecule has 0 atom stereocenters. The summed E-state index contributed by atoms with van der Waals surface area (Å²) in [5.74, 6) is 0.591. The molecule has 1 aromatic carbocycles. The van der Waals surface area contributed by atoms with E-state index in [1.807, 2.05) is 32.9 Å². The van der Waals surface area contributed by atoms with Crippen LogP contribution < -0.4 is 20.9 Å². The van der Waals surface area contributed by atoms with Crippen molar-refractivity contribution in [1.29, 1.82) is 5.26 Å². The minimum absolute atomic E-state index is 0.0201. The van der Waals surface area contributed by atoms with Crippen LogP contribution in [-0.2, 0) is 13.0 Å². The maximum Gasteiger partial charge on any atom is 0.325 e. The molecule has 11 heteroatoms. The summed E-state index contributed by atoms with van der Waals surface area (Å²) in [7, 11) is 0. The highest BCUT2D eigenvalue weighted by Gasteiger charge is 2.23. The van der Waals surface area contributed by atoms with E-state index in [0.717, 1.165) is 16.3 Å². The number of fused-ring (bicyclic) bond motifs is 1. The molecule has 2 aromatic heterocycles. The van der Waals surface area contributed by atoms with Gasteiger partial charge < -0.3 is 15.5 Å². The van der Waals surface area contributed by atoms with Gasteiger partial charge in [0.25, 0.3) is 5.91 Å². The highest BCUT2D eigenvalue weighted by atomic mass is 32.1. The Morgan fingerprint density at radius 1 is 1.18 bits per heavy atom. The molecule has 3 amide bonds. The Hall–Kier alpha value is -4.04. The van der Waals surface area contributed by atoms with E-state index in [9.17, 15) is 9.59 Å². The number of hydrogen-bond donors (Lipinski definition) is 3. The first-order valence-electron chi connectivity index (χ1n) is 10.8. The number of hydrogen-bond acceptors (Lipinski definition) is 8. The predicted molar refractivity (Wildman–Crippen MR) is 130 cm³/mol. The van der Waals surface area contributed by atoms with Gasteiger partial charge in [0.15, 0.2) is 5.13 Å². The lowest BCUT2D eigenvalue weighted by molar-refractivity contribution is 0.0944. The normalized spacial score (nSPS) is 12.6. The first kappa shape index (κ1) is 23.1. The van der Waals surface area contributed by atoms with Crippen LogP contribution in [0.1, 0.15) is 46.3 Å². The molecule has 0 spiro atoms. The molecule has 4 rings (SSSR count). The monoisotopic (exact) mass is 476 g/mol. The number of nitrogens with one attached hydrogen (secondary N) is 3. The summed E-state index contributed by atoms with van der Waals surface area (Å²) >= 11 is 1.39. The lowest BCUT2D eigenvalue weighted by atomic mass is 10.1. The molecule has 0 unspecified atom stereocenters. The van der Waals surface area contributed by atoms with Crippen LogP contribution in [0.2, 0.25) is 0 Å². The topological polar surface area (TPSA) is 136 Å². The summed E-state index contributed by atoms with van der Waals surface area (Å²) in [6.45, 7) is 6.86. The number of rotatable bonds is 5. The quantitative estimate of drug-likeness (QED) is 0.513. The number of urea groups is 1. The number of thiazole rings is 1. The summed E-state index contributed by atoms with van der Waals surface area (Å²) in [6, 6.07) is 10.2. The fourth-order valence-corrected chi connectivity index (χ4v) is 4.61. The molecule has 3 aromatic rings. The van der Waals surface area contributed by atoms with E-state index >= 15 is 0 Å². The van der Waals surface area contributed by atoms with Gasteiger partial charge in [-0.2, -0.15) is 5.26 Å². The largest absolute Gasteiger partial charge is 0.351 e. The second-order valence-electron chi connectivity index (χ2n) is 8.12. The molecule has 0 aliphatic carbocycles. The number of nitrogens with zero attached hydrogens (tertiary/aromatic N) is 5. The number of anilines is 3. The zero-order valence-corrected chi connectivity index (χ0v) is 19.9. The van der Waals surface area contributed by atoms with Crippen LogP contribution in [0.5, 0.6) is 0 Å². The fourth-order valence-electron chi connectivity index (χ4n) is 3.59. The van der Waals surface area contributed by atoms with Gasteiger partial charge in [0.05, 0.1) is 23.5 Å². The van der Waals surface area contributed by atoms with E-state index in [1.54, 1.807) is 24.3 Å². The van der Waals surface area contributed by atoms with Crippen molar-refractivity contribution < 1.29 is 9.59 Å². The van der Waals surface area contributed by atoms with Crippen LogP contribution in [-0.4, -0.2) is 39.5 Å². The van der Waals surface area contributed by atoms with E-state index in [1.165, 1.54) is 11.3 Å². The molecule has 0 bridgehead atoms. The number of carbonyl (C=O) groups is 2. The smallest absolute Gasteiger partial charge is 0.325 e. The summed E-state index contributed by atoms with van der Waals surface area (Å²) in [5.41, 5.74) is 2.47. The van der Waals surface area contributed by atoms with Crippen LogP contribution in [0.15, 0.2) is 30.3 Å². The van der Waals surface area contributed by atoms with E-state index in [0.29, 0.717) is 41.7 Å². The van der Waals surface area contributed by atoms with Gasteiger partial charge in [0, 0.05) is 35.6 Å². The SMILES string of the molecule is Cc1cc(N2CCc3nc(NC(=O)Nc4ccccc4C(=O)NC(C)C)sc3C2)nc(C#N)n1. The lowest BCUT2D eigenvalue weighted by Crippen LogP contribution is -2.31. The van der Waals surface area contributed by atoms with Crippen LogP contribution in [0, 0.1) is 18.3 Å². The fraction of sp³-hybridized carbons (Fsp3) is 0.304. The Kier molecular flexibility index (Phi) is 6.70. The van der Waals surface area contributed by atoms with Crippen molar-refractivity contribution in [2.75, 3.05) is 22.1 Å². The number of carbonyl (C=O) groups excluding carboxylic acids is 2. The lowest BCUT2D eigenvalue weighted by Gasteiger charge is -2.27. The van der Waals surface area contributed by atoms with Gasteiger partial charge >= 0.3 is 6.03 Å². The summed E-state index contributed by atoms with van der Waals surface area (Å²) in [6.07, 6.45) is 0.693. The zero-order chi connectivity index (χ0) is 24.2. The molecule has 1 aliphatic rings. The number of aromatic nitrogens is 3. The second kappa shape index (κ2) is 9.84. The average Bonchev–Trinajstić information content (AvgIpc) is 3.19. The molecule has 3 heterocycles. The summed E-state index contributed by atoms with van der Waals surface area (Å²) in [5, 5.41) is 18.0. The Balaban J connectivity index is 1.44. The second-order valence-corrected chi connectivity index (χ2v) is 9.20. The molecule has 0 radical (unpaired) electrons. The Morgan fingerprint density at radius 2 is 1.97 bits per heavy atom. The highest BCUT2D eigenvalue weighted by Crippen LogP contribution is 2.30. The number of amides is 3. The van der Waals surface area contributed by atoms with Gasteiger partial charge in [-0.25, -0.2) is 19.7 Å². The third-order valence-corrected chi connectivity index (χ3v) is 6.05. The van der Waals surface area contributed by atoms with Crippen LogP contribution in [0.3, 0.4) is 0 Å². The number of para-hydroxylation sites is 1. The van der Waals surface area contributed by atoms with Crippen molar-refractivity contribution >= 4 is 39.9 Å². The van der Waals surface area contributed by atoms with Crippen molar-refractivity contribution in [2.45, 2.75) is 39.8 Å². The number of aryl methyl sites for hydroxylation is 1. The van der Waals surface area contributed by atoms with Crippen molar-refractivity contribution in [3.8, 4) is 6.07 Å². The molecule has 0 saturated heterocycles. The minimum atomic E-state index is -0.474. The summed E-state index contributed by atoms with van der Waals surface area (Å²) in [4.78, 5) is 41.2. The molecular formula is C23H24N8O2S. The molecule has 0 saturated carbocycles. The average molecular weight is 477 g/mol. The van der Waals surface area contributed by atoms with Crippen LogP contribution in [0.4, 0.5) is 21.4 Å². The number of nitriles is 1. The van der Waals surface area contributed by atoms with Crippen LogP contribution >= 0.6 is 11.3 Å². The van der Waals surface area contributed by atoms with E-state index in [4.69, 9.17) is 5.26 Å². The van der Waals surface area contributed by atoms with Gasteiger partial charge in [0.1, 0.15) is 11.9 Å². The standard InChI is InChI=1S/C23H24N8O2S/c1-13(2)25-21(32)15-6-4-5-7-16(15)27-22(33)30-23-28-17-8-9-31(12-18(17)34-23)20-10-14(3)26-19(11-24)29-20/h4-7,10,13H,8-9,12H2,1-3H3,(H,25,32)(H2,27,28,30,33). The van der Waals surface area contributed by atoms with Crippen molar-refractivity contribution in [3.63, 3.8) is 0 Å². The number of benzene rings is 1. The van der Waals surface area contributed by atoms with Gasteiger partial charge in [-0.1, -0.05) is 23.5 Å². The Labute approximate surface area is 201 Å². The molecule has 3 N–H and O–H groups in total. The van der Waals surface area contributed by atoms with Gasteiger partial charge in [-0.15, -0.1) is 0 Å². The van der Waals surface area contributed by atoms with Gasteiger partial charge in [-0.3, -0.25) is 10.1 Å².